The van der Waals surface area contributed by atoms with Gasteiger partial charge in [-0.05, 0) is 55.1 Å². The van der Waals surface area contributed by atoms with Gasteiger partial charge < -0.3 is 9.51 Å². The Balaban J connectivity index is 1.66. The number of nitrogens with one attached hydrogen (secondary N) is 1. The van der Waals surface area contributed by atoms with Crippen molar-refractivity contribution in [1.82, 2.24) is 15.1 Å². The summed E-state index contributed by atoms with van der Waals surface area (Å²) in [5.74, 6) is 0.115. The highest BCUT2D eigenvalue weighted by Crippen LogP contribution is 2.33. The van der Waals surface area contributed by atoms with Gasteiger partial charge in [0.05, 0.1) is 17.0 Å². The number of nitrogens with zero attached hydrogens (tertiary/aromatic N) is 3. The second kappa shape index (κ2) is 7.64. The Labute approximate surface area is 180 Å². The Bertz CT molecular complexity index is 1420. The summed E-state index contributed by atoms with van der Waals surface area (Å²) < 4.78 is 44.1. The number of aryl methyl sites for hydroxylation is 1. The molecule has 0 saturated carbocycles. The van der Waals surface area contributed by atoms with E-state index in [1.807, 2.05) is 6.07 Å². The van der Waals surface area contributed by atoms with Gasteiger partial charge in [0.15, 0.2) is 5.82 Å². The average Bonchev–Trinajstić information content (AvgIpc) is 3.22. The largest absolute Gasteiger partial charge is 0.416 e. The second-order valence-electron chi connectivity index (χ2n) is 7.80. The molecule has 4 rings (SSSR count). The number of halogens is 3. The molecular weight excluding hydrogens is 421 g/mol. The number of rotatable bonds is 4. The number of pyridine rings is 1. The topological polar surface area (TPSA) is 95.6 Å². The molecule has 0 amide bonds. The normalized spacial score (nSPS) is 13.6. The SMILES string of the molecule is Cc1cc2ccc(C(C)(C#N)Cc3noc(-c4cccc(C(F)(F)F)c4)n3)cc2[nH]c1=O. The van der Waals surface area contributed by atoms with E-state index in [0.717, 1.165) is 17.5 Å². The molecule has 0 saturated heterocycles. The van der Waals surface area contributed by atoms with Gasteiger partial charge in [-0.2, -0.15) is 23.4 Å². The highest BCUT2D eigenvalue weighted by atomic mass is 19.4. The van der Waals surface area contributed by atoms with Gasteiger partial charge in [-0.15, -0.1) is 0 Å². The van der Waals surface area contributed by atoms with Gasteiger partial charge in [0, 0.05) is 23.1 Å². The van der Waals surface area contributed by atoms with E-state index in [2.05, 4.69) is 21.2 Å². The van der Waals surface area contributed by atoms with Gasteiger partial charge in [0.2, 0.25) is 0 Å². The van der Waals surface area contributed by atoms with Gasteiger partial charge >= 0.3 is 6.18 Å². The third kappa shape index (κ3) is 3.99. The first-order chi connectivity index (χ1) is 15.1. The van der Waals surface area contributed by atoms with E-state index >= 15 is 0 Å². The van der Waals surface area contributed by atoms with Gasteiger partial charge in [-0.25, -0.2) is 0 Å². The Morgan fingerprint density at radius 2 is 1.91 bits per heavy atom. The van der Waals surface area contributed by atoms with Crippen molar-refractivity contribution >= 4 is 10.9 Å². The number of benzene rings is 2. The maximum absolute atomic E-state index is 13.0. The summed E-state index contributed by atoms with van der Waals surface area (Å²) in [6.45, 7) is 3.41. The molecule has 0 spiro atoms. The van der Waals surface area contributed by atoms with E-state index in [1.165, 1.54) is 12.1 Å². The van der Waals surface area contributed by atoms with E-state index in [0.29, 0.717) is 16.6 Å². The third-order valence-corrected chi connectivity index (χ3v) is 5.33. The molecular formula is C23H17F3N4O2. The van der Waals surface area contributed by atoms with E-state index in [9.17, 15) is 23.2 Å². The number of fused-ring (bicyclic) bond motifs is 1. The molecule has 1 N–H and O–H groups in total. The Morgan fingerprint density at radius 3 is 2.62 bits per heavy atom. The molecule has 1 unspecified atom stereocenters. The molecule has 0 aliphatic heterocycles. The van der Waals surface area contributed by atoms with E-state index < -0.39 is 17.2 Å². The number of aromatic amines is 1. The fraction of sp³-hybridized carbons (Fsp3) is 0.217. The Kier molecular flexibility index (Phi) is 5.09. The van der Waals surface area contributed by atoms with Gasteiger partial charge in [-0.3, -0.25) is 4.79 Å². The van der Waals surface area contributed by atoms with Crippen molar-refractivity contribution in [3.05, 3.63) is 81.4 Å². The minimum atomic E-state index is -4.49. The molecule has 0 aliphatic carbocycles. The summed E-state index contributed by atoms with van der Waals surface area (Å²) in [5, 5.41) is 14.6. The number of hydrogen-bond donors (Lipinski definition) is 1. The fourth-order valence-electron chi connectivity index (χ4n) is 3.45. The predicted octanol–water partition coefficient (Wildman–Crippen LogP) is 4.93. The van der Waals surface area contributed by atoms with Crippen LogP contribution in [-0.2, 0) is 18.0 Å². The maximum atomic E-state index is 13.0. The number of nitriles is 1. The lowest BCUT2D eigenvalue weighted by molar-refractivity contribution is -0.137. The average molecular weight is 438 g/mol. The van der Waals surface area contributed by atoms with Crippen molar-refractivity contribution in [1.29, 1.82) is 5.26 Å². The van der Waals surface area contributed by atoms with Crippen LogP contribution in [0.25, 0.3) is 22.4 Å². The monoisotopic (exact) mass is 438 g/mol. The minimum absolute atomic E-state index is 0.0631. The molecule has 2 heterocycles. The molecule has 6 nitrogen and oxygen atoms in total. The molecule has 2 aromatic heterocycles. The summed E-state index contributed by atoms with van der Waals surface area (Å²) in [4.78, 5) is 18.9. The fourth-order valence-corrected chi connectivity index (χ4v) is 3.45. The molecule has 0 fully saturated rings. The van der Waals surface area contributed by atoms with Crippen molar-refractivity contribution in [3.63, 3.8) is 0 Å². The van der Waals surface area contributed by atoms with E-state index in [1.54, 1.807) is 32.0 Å². The Morgan fingerprint density at radius 1 is 1.12 bits per heavy atom. The lowest BCUT2D eigenvalue weighted by Crippen LogP contribution is -2.23. The Hall–Kier alpha value is -3.93. The summed E-state index contributed by atoms with van der Waals surface area (Å²) >= 11 is 0. The van der Waals surface area contributed by atoms with Crippen molar-refractivity contribution in [3.8, 4) is 17.5 Å². The first-order valence-electron chi connectivity index (χ1n) is 9.65. The highest BCUT2D eigenvalue weighted by molar-refractivity contribution is 5.80. The summed E-state index contributed by atoms with van der Waals surface area (Å²) in [7, 11) is 0. The molecule has 0 bridgehead atoms. The summed E-state index contributed by atoms with van der Waals surface area (Å²) in [6.07, 6.45) is -4.43. The maximum Gasteiger partial charge on any atom is 0.416 e. The van der Waals surface area contributed by atoms with Crippen molar-refractivity contribution < 1.29 is 17.7 Å². The third-order valence-electron chi connectivity index (χ3n) is 5.33. The van der Waals surface area contributed by atoms with Crippen LogP contribution in [-0.4, -0.2) is 15.1 Å². The molecule has 0 radical (unpaired) electrons. The lowest BCUT2D eigenvalue weighted by atomic mass is 9.80. The zero-order chi connectivity index (χ0) is 23.1. The van der Waals surface area contributed by atoms with Crippen LogP contribution in [0.1, 0.15) is 29.4 Å². The predicted molar refractivity (Wildman–Crippen MR) is 111 cm³/mol. The molecule has 0 aliphatic rings. The quantitative estimate of drug-likeness (QED) is 0.488. The van der Waals surface area contributed by atoms with Gasteiger partial charge in [0.1, 0.15) is 0 Å². The standard InChI is InChI=1S/C23H17F3N4O2/c1-13-8-14-6-7-16(10-18(14)28-20(13)31)22(2,12-27)11-19-29-21(32-30-19)15-4-3-5-17(9-15)23(24,25)26/h3-10H,11H2,1-2H3,(H,28,31). The minimum Gasteiger partial charge on any atom is -0.334 e. The molecule has 9 heteroatoms. The molecule has 162 valence electrons. The van der Waals surface area contributed by atoms with Crippen LogP contribution in [0.15, 0.2) is 57.8 Å². The zero-order valence-corrected chi connectivity index (χ0v) is 17.1. The van der Waals surface area contributed by atoms with Crippen molar-refractivity contribution in [2.24, 2.45) is 0 Å². The van der Waals surface area contributed by atoms with Crippen LogP contribution >= 0.6 is 0 Å². The van der Waals surface area contributed by atoms with Crippen molar-refractivity contribution in [2.45, 2.75) is 31.9 Å². The number of hydrogen-bond acceptors (Lipinski definition) is 5. The van der Waals surface area contributed by atoms with Crippen LogP contribution < -0.4 is 5.56 Å². The van der Waals surface area contributed by atoms with Crippen molar-refractivity contribution in [2.75, 3.05) is 0 Å². The van der Waals surface area contributed by atoms with Crippen LogP contribution in [0.5, 0.6) is 0 Å². The number of H-pyrrole nitrogens is 1. The zero-order valence-electron chi connectivity index (χ0n) is 17.1. The van der Waals surface area contributed by atoms with Crippen LogP contribution in [0, 0.1) is 18.3 Å². The van der Waals surface area contributed by atoms with Crippen LogP contribution in [0.3, 0.4) is 0 Å². The summed E-state index contributed by atoms with van der Waals surface area (Å²) in [5.41, 5.74) is -0.146. The molecule has 2 aromatic carbocycles. The second-order valence-corrected chi connectivity index (χ2v) is 7.80. The number of aromatic nitrogens is 3. The van der Waals surface area contributed by atoms with Crippen LogP contribution in [0.2, 0.25) is 0 Å². The van der Waals surface area contributed by atoms with Gasteiger partial charge in [0.25, 0.3) is 11.4 Å². The molecule has 1 atom stereocenters. The van der Waals surface area contributed by atoms with Gasteiger partial charge in [-0.1, -0.05) is 23.4 Å². The first kappa shape index (κ1) is 21.3. The van der Waals surface area contributed by atoms with E-state index in [4.69, 9.17) is 4.52 Å². The van der Waals surface area contributed by atoms with Crippen LogP contribution in [0.4, 0.5) is 13.2 Å². The lowest BCUT2D eigenvalue weighted by Gasteiger charge is -2.20. The van der Waals surface area contributed by atoms with E-state index in [-0.39, 0.29) is 29.3 Å². The molecule has 4 aromatic rings. The smallest absolute Gasteiger partial charge is 0.334 e. The first-order valence-corrected chi connectivity index (χ1v) is 9.65. The molecule has 32 heavy (non-hydrogen) atoms. The highest BCUT2D eigenvalue weighted by Gasteiger charge is 2.32. The summed E-state index contributed by atoms with van der Waals surface area (Å²) in [6, 6.07) is 13.9. The number of alkyl halides is 3.